The van der Waals surface area contributed by atoms with Crippen LogP contribution in [0.2, 0.25) is 0 Å². The standard InChI is InChI=1S/C22H38N2O6/c1-10-11-16-12-17(14(2)25)24(20(27)30-21(4,5)6)18(16)19(23-15(3)26)22(7,29-9)13-28-8/h10-11,16-19H,12-13H2,1-9H3,(H,23,26)/b11-10-/t16-,17-,18-,19-,22+/m1/s1. The van der Waals surface area contributed by atoms with Crippen molar-refractivity contribution in [3.63, 3.8) is 0 Å². The van der Waals surface area contributed by atoms with Gasteiger partial charge >= 0.3 is 6.09 Å². The van der Waals surface area contributed by atoms with Crippen LogP contribution in [-0.4, -0.2) is 72.8 Å². The molecule has 0 aromatic rings. The first kappa shape index (κ1) is 26.1. The number of amides is 2. The van der Waals surface area contributed by atoms with Crippen LogP contribution in [0.3, 0.4) is 0 Å². The summed E-state index contributed by atoms with van der Waals surface area (Å²) in [7, 11) is 3.08. The highest BCUT2D eigenvalue weighted by Gasteiger charge is 2.54. The van der Waals surface area contributed by atoms with Gasteiger partial charge in [-0.3, -0.25) is 14.5 Å². The lowest BCUT2D eigenvalue weighted by molar-refractivity contribution is -0.129. The Morgan fingerprint density at radius 2 is 1.77 bits per heavy atom. The van der Waals surface area contributed by atoms with E-state index in [1.165, 1.54) is 25.9 Å². The van der Waals surface area contributed by atoms with Crippen molar-refractivity contribution in [1.29, 1.82) is 0 Å². The van der Waals surface area contributed by atoms with Crippen LogP contribution in [0.25, 0.3) is 0 Å². The predicted molar refractivity (Wildman–Crippen MR) is 114 cm³/mol. The first-order valence-electron chi connectivity index (χ1n) is 10.3. The van der Waals surface area contributed by atoms with Crippen LogP contribution in [0.5, 0.6) is 0 Å². The number of allylic oxidation sites excluding steroid dienone is 1. The Labute approximate surface area is 180 Å². The highest BCUT2D eigenvalue weighted by Crippen LogP contribution is 2.38. The fraction of sp³-hybridized carbons (Fsp3) is 0.773. The summed E-state index contributed by atoms with van der Waals surface area (Å²) in [5.74, 6) is -0.584. The van der Waals surface area contributed by atoms with Gasteiger partial charge in [0.05, 0.1) is 24.7 Å². The summed E-state index contributed by atoms with van der Waals surface area (Å²) in [5.41, 5.74) is -1.68. The number of likely N-dealkylation sites (tertiary alicyclic amines) is 1. The van der Waals surface area contributed by atoms with Crippen molar-refractivity contribution in [1.82, 2.24) is 10.2 Å². The molecule has 1 saturated heterocycles. The molecule has 30 heavy (non-hydrogen) atoms. The Hall–Kier alpha value is -1.93. The second-order valence-corrected chi connectivity index (χ2v) is 9.06. The number of ether oxygens (including phenoxy) is 3. The first-order chi connectivity index (χ1) is 13.8. The van der Waals surface area contributed by atoms with Crippen LogP contribution in [0.4, 0.5) is 4.79 Å². The number of ketones is 1. The van der Waals surface area contributed by atoms with E-state index >= 15 is 0 Å². The normalized spacial score (nSPS) is 25.1. The van der Waals surface area contributed by atoms with Gasteiger partial charge < -0.3 is 19.5 Å². The first-order valence-corrected chi connectivity index (χ1v) is 10.3. The van der Waals surface area contributed by atoms with E-state index in [4.69, 9.17) is 14.2 Å². The van der Waals surface area contributed by atoms with Gasteiger partial charge in [0, 0.05) is 27.1 Å². The van der Waals surface area contributed by atoms with Crippen LogP contribution in [-0.2, 0) is 23.8 Å². The lowest BCUT2D eigenvalue weighted by Gasteiger charge is -2.44. The third-order valence-corrected chi connectivity index (χ3v) is 5.36. The second-order valence-electron chi connectivity index (χ2n) is 9.06. The molecule has 1 N–H and O–H groups in total. The molecule has 5 atom stereocenters. The number of nitrogens with one attached hydrogen (secondary N) is 1. The maximum absolute atomic E-state index is 13.2. The zero-order valence-electron chi connectivity index (χ0n) is 19.8. The summed E-state index contributed by atoms with van der Waals surface area (Å²) in [5, 5.41) is 2.96. The van der Waals surface area contributed by atoms with E-state index in [2.05, 4.69) is 5.32 Å². The van der Waals surface area contributed by atoms with Gasteiger partial charge in [0.2, 0.25) is 5.91 Å². The number of Topliss-reactive ketones (excluding diaryl/α,β-unsaturated/α-hetero) is 1. The van der Waals surface area contributed by atoms with Crippen molar-refractivity contribution in [2.75, 3.05) is 20.8 Å². The fourth-order valence-corrected chi connectivity index (χ4v) is 4.08. The smallest absolute Gasteiger partial charge is 0.411 e. The molecule has 0 aliphatic carbocycles. The largest absolute Gasteiger partial charge is 0.444 e. The van der Waals surface area contributed by atoms with Gasteiger partial charge in [0.15, 0.2) is 5.78 Å². The summed E-state index contributed by atoms with van der Waals surface area (Å²) < 4.78 is 16.8. The van der Waals surface area contributed by atoms with Gasteiger partial charge in [-0.05, 0) is 48.0 Å². The van der Waals surface area contributed by atoms with Crippen LogP contribution in [0.1, 0.15) is 54.9 Å². The van der Waals surface area contributed by atoms with E-state index < -0.39 is 35.4 Å². The number of methoxy groups -OCH3 is 2. The second kappa shape index (κ2) is 10.4. The van der Waals surface area contributed by atoms with E-state index in [0.717, 1.165) is 0 Å². The zero-order chi connectivity index (χ0) is 23.3. The molecule has 0 aromatic heterocycles. The number of hydrogen-bond donors (Lipinski definition) is 1. The van der Waals surface area contributed by atoms with Gasteiger partial charge in [0.25, 0.3) is 0 Å². The Bertz CT molecular complexity index is 657. The van der Waals surface area contributed by atoms with Gasteiger partial charge in [-0.2, -0.15) is 0 Å². The molecule has 1 aliphatic heterocycles. The molecule has 1 fully saturated rings. The highest BCUT2D eigenvalue weighted by atomic mass is 16.6. The van der Waals surface area contributed by atoms with E-state index in [1.807, 2.05) is 26.0 Å². The summed E-state index contributed by atoms with van der Waals surface area (Å²) in [6.07, 6.45) is 3.69. The highest BCUT2D eigenvalue weighted by molar-refractivity contribution is 5.86. The van der Waals surface area contributed by atoms with Gasteiger partial charge in [-0.15, -0.1) is 0 Å². The molecule has 1 heterocycles. The molecule has 8 nitrogen and oxygen atoms in total. The molecule has 2 amide bonds. The minimum atomic E-state index is -0.948. The third kappa shape index (κ3) is 6.28. The number of hydrogen-bond acceptors (Lipinski definition) is 6. The van der Waals surface area contributed by atoms with E-state index in [9.17, 15) is 14.4 Å². The lowest BCUT2D eigenvalue weighted by atomic mass is 9.83. The zero-order valence-corrected chi connectivity index (χ0v) is 19.8. The SMILES string of the molecule is C/C=C\[C@@H]1C[C@H](C(C)=O)N(C(=O)OC(C)(C)C)[C@H]1[C@@H](NC(C)=O)[C@](C)(COC)OC. The number of carbonyl (C=O) groups is 3. The van der Waals surface area contributed by atoms with Crippen molar-refractivity contribution in [3.05, 3.63) is 12.2 Å². The molecule has 0 spiro atoms. The van der Waals surface area contributed by atoms with E-state index in [0.29, 0.717) is 6.42 Å². The van der Waals surface area contributed by atoms with Crippen LogP contribution in [0, 0.1) is 5.92 Å². The van der Waals surface area contributed by atoms with Crippen LogP contribution < -0.4 is 5.32 Å². The topological polar surface area (TPSA) is 94.2 Å². The van der Waals surface area contributed by atoms with Crippen LogP contribution >= 0.6 is 0 Å². The molecule has 0 radical (unpaired) electrons. The molecule has 1 aliphatic rings. The minimum Gasteiger partial charge on any atom is -0.444 e. The molecule has 0 saturated carbocycles. The van der Waals surface area contributed by atoms with Crippen molar-refractivity contribution < 1.29 is 28.6 Å². The number of carbonyl (C=O) groups excluding carboxylic acids is 3. The Kier molecular flexibility index (Phi) is 9.05. The summed E-state index contributed by atoms with van der Waals surface area (Å²) in [4.78, 5) is 39.4. The molecule has 1 rings (SSSR count). The van der Waals surface area contributed by atoms with E-state index in [-0.39, 0.29) is 24.2 Å². The molecule has 0 bridgehead atoms. The Balaban J connectivity index is 3.62. The van der Waals surface area contributed by atoms with Crippen molar-refractivity contribution >= 4 is 17.8 Å². The van der Waals surface area contributed by atoms with E-state index in [1.54, 1.807) is 27.9 Å². The van der Waals surface area contributed by atoms with Crippen molar-refractivity contribution in [3.8, 4) is 0 Å². The molecule has 0 aromatic carbocycles. The maximum atomic E-state index is 13.2. The predicted octanol–water partition coefficient (Wildman–Crippen LogP) is 2.70. The summed E-state index contributed by atoms with van der Waals surface area (Å²) in [6, 6.07) is -1.86. The molecule has 172 valence electrons. The lowest BCUT2D eigenvalue weighted by Crippen LogP contribution is -2.65. The van der Waals surface area contributed by atoms with Crippen molar-refractivity contribution in [2.24, 2.45) is 5.92 Å². The van der Waals surface area contributed by atoms with Gasteiger partial charge in [-0.25, -0.2) is 4.79 Å². The quantitative estimate of drug-likeness (QED) is 0.600. The van der Waals surface area contributed by atoms with Crippen LogP contribution in [0.15, 0.2) is 12.2 Å². The fourth-order valence-electron chi connectivity index (χ4n) is 4.08. The minimum absolute atomic E-state index is 0.134. The van der Waals surface area contributed by atoms with Gasteiger partial charge in [-0.1, -0.05) is 12.2 Å². The summed E-state index contributed by atoms with van der Waals surface area (Å²) in [6.45, 7) is 12.1. The molecular formula is C22H38N2O6. The average molecular weight is 427 g/mol. The molecule has 0 unspecified atom stereocenters. The molecule has 8 heteroatoms. The average Bonchev–Trinajstić information content (AvgIpc) is 2.98. The van der Waals surface area contributed by atoms with Gasteiger partial charge in [0.1, 0.15) is 11.2 Å². The molecular weight excluding hydrogens is 388 g/mol. The Morgan fingerprint density at radius 1 is 1.17 bits per heavy atom. The van der Waals surface area contributed by atoms with Crippen molar-refractivity contribution in [2.45, 2.75) is 84.2 Å². The summed E-state index contributed by atoms with van der Waals surface area (Å²) >= 11 is 0. The third-order valence-electron chi connectivity index (χ3n) is 5.36. The number of nitrogens with zero attached hydrogens (tertiary/aromatic N) is 1. The monoisotopic (exact) mass is 426 g/mol. The maximum Gasteiger partial charge on any atom is 0.411 e. The number of rotatable bonds is 8. The Morgan fingerprint density at radius 3 is 2.17 bits per heavy atom.